The topological polar surface area (TPSA) is 29.5 Å². The average Bonchev–Trinajstić information content (AvgIpc) is 2.45. The Kier molecular flexibility index (Phi) is 5.00. The maximum absolute atomic E-state index is 12.9. The molecule has 0 aromatic heterocycles. The molecule has 2 rings (SSSR count). The van der Waals surface area contributed by atoms with Crippen LogP contribution in [0.5, 0.6) is 5.75 Å². The average molecular weight is 291 g/mol. The summed E-state index contributed by atoms with van der Waals surface area (Å²) in [5, 5.41) is 8.90. The van der Waals surface area contributed by atoms with E-state index >= 15 is 0 Å². The number of hydrogen-bond donors (Lipinski definition) is 1. The largest absolute Gasteiger partial charge is 0.487 e. The monoisotopic (exact) mass is 290 g/mol. The molecule has 0 spiro atoms. The van der Waals surface area contributed by atoms with Crippen LogP contribution in [0.4, 0.5) is 4.39 Å². The molecule has 102 valence electrons. The Morgan fingerprint density at radius 2 is 2.05 bits per heavy atom. The summed E-state index contributed by atoms with van der Waals surface area (Å²) < 4.78 is 18.4. The van der Waals surface area contributed by atoms with E-state index in [2.05, 4.69) is 11.8 Å². The van der Waals surface area contributed by atoms with Crippen molar-refractivity contribution >= 4 is 11.6 Å². The van der Waals surface area contributed by atoms with E-state index in [1.54, 1.807) is 0 Å². The van der Waals surface area contributed by atoms with Crippen LogP contribution in [-0.2, 0) is 6.61 Å². The van der Waals surface area contributed by atoms with E-state index in [1.165, 1.54) is 18.2 Å². The van der Waals surface area contributed by atoms with Gasteiger partial charge in [-0.25, -0.2) is 4.39 Å². The quantitative estimate of drug-likeness (QED) is 0.878. The first kappa shape index (κ1) is 14.4. The van der Waals surface area contributed by atoms with Gasteiger partial charge in [-0.3, -0.25) is 0 Å². The molecule has 4 heteroatoms. The molecule has 2 nitrogen and oxygen atoms in total. The van der Waals surface area contributed by atoms with Gasteiger partial charge in [-0.05, 0) is 35.9 Å². The van der Waals surface area contributed by atoms with Crippen LogP contribution in [0.1, 0.15) is 11.1 Å². The highest BCUT2D eigenvalue weighted by atomic mass is 35.5. The zero-order valence-electron chi connectivity index (χ0n) is 10.6. The summed E-state index contributed by atoms with van der Waals surface area (Å²) in [7, 11) is 0. The summed E-state index contributed by atoms with van der Waals surface area (Å²) in [5.74, 6) is 5.43. The second kappa shape index (κ2) is 6.95. The molecule has 1 N–H and O–H groups in total. The molecule has 2 aromatic rings. The minimum atomic E-state index is -0.399. The smallest absolute Gasteiger partial charge is 0.138 e. The van der Waals surface area contributed by atoms with Gasteiger partial charge in [0.2, 0.25) is 0 Å². The maximum Gasteiger partial charge on any atom is 0.138 e. The minimum absolute atomic E-state index is 0.175. The number of ether oxygens (including phenoxy) is 1. The highest BCUT2D eigenvalue weighted by Crippen LogP contribution is 2.25. The van der Waals surface area contributed by atoms with Crippen LogP contribution in [0.15, 0.2) is 42.5 Å². The van der Waals surface area contributed by atoms with Crippen molar-refractivity contribution in [2.45, 2.75) is 6.61 Å². The van der Waals surface area contributed by atoms with Gasteiger partial charge in [0, 0.05) is 5.56 Å². The zero-order chi connectivity index (χ0) is 14.4. The summed E-state index contributed by atoms with van der Waals surface area (Å²) >= 11 is 5.88. The first-order chi connectivity index (χ1) is 9.69. The predicted molar refractivity (Wildman–Crippen MR) is 76.1 cm³/mol. The van der Waals surface area contributed by atoms with Crippen molar-refractivity contribution in [3.05, 3.63) is 64.4 Å². The van der Waals surface area contributed by atoms with Gasteiger partial charge in [0.25, 0.3) is 0 Å². The Morgan fingerprint density at radius 3 is 2.80 bits per heavy atom. The van der Waals surface area contributed by atoms with E-state index in [1.807, 2.05) is 24.3 Å². The summed E-state index contributed by atoms with van der Waals surface area (Å²) in [5.41, 5.74) is 1.71. The van der Waals surface area contributed by atoms with Crippen molar-refractivity contribution in [2.75, 3.05) is 6.61 Å². The van der Waals surface area contributed by atoms with Crippen LogP contribution in [0.3, 0.4) is 0 Å². The Morgan fingerprint density at radius 1 is 1.20 bits per heavy atom. The number of benzene rings is 2. The van der Waals surface area contributed by atoms with Crippen molar-refractivity contribution in [3.8, 4) is 17.6 Å². The molecule has 0 atom stereocenters. The van der Waals surface area contributed by atoms with Crippen molar-refractivity contribution in [3.63, 3.8) is 0 Å². The molecule has 0 aliphatic heterocycles. The molecule has 0 saturated heterocycles. The third kappa shape index (κ3) is 3.99. The number of hydrogen-bond acceptors (Lipinski definition) is 2. The second-order valence-electron chi connectivity index (χ2n) is 4.02. The number of halogens is 2. The Balaban J connectivity index is 2.07. The van der Waals surface area contributed by atoms with Crippen LogP contribution in [0, 0.1) is 17.7 Å². The van der Waals surface area contributed by atoms with Gasteiger partial charge < -0.3 is 9.84 Å². The summed E-state index contributed by atoms with van der Waals surface area (Å²) in [4.78, 5) is 0. The molecule has 0 heterocycles. The summed E-state index contributed by atoms with van der Waals surface area (Å²) in [6, 6.07) is 11.4. The fraction of sp³-hybridized carbons (Fsp3) is 0.125. The van der Waals surface area contributed by atoms with Crippen LogP contribution >= 0.6 is 11.6 Å². The zero-order valence-corrected chi connectivity index (χ0v) is 11.3. The normalized spacial score (nSPS) is 9.75. The van der Waals surface area contributed by atoms with E-state index in [4.69, 9.17) is 21.4 Å². The highest BCUT2D eigenvalue weighted by molar-refractivity contribution is 6.32. The fourth-order valence-corrected chi connectivity index (χ4v) is 1.86. The number of rotatable bonds is 3. The lowest BCUT2D eigenvalue weighted by Crippen LogP contribution is -1.96. The van der Waals surface area contributed by atoms with Crippen LogP contribution < -0.4 is 4.74 Å². The molecule has 20 heavy (non-hydrogen) atoms. The number of aliphatic hydroxyl groups is 1. The van der Waals surface area contributed by atoms with E-state index in [9.17, 15) is 4.39 Å². The molecule has 0 aliphatic carbocycles. The van der Waals surface area contributed by atoms with E-state index in [0.717, 1.165) is 11.1 Å². The van der Waals surface area contributed by atoms with Crippen molar-refractivity contribution in [2.24, 2.45) is 0 Å². The third-order valence-corrected chi connectivity index (χ3v) is 2.82. The Labute approximate surface area is 121 Å². The van der Waals surface area contributed by atoms with Gasteiger partial charge in [-0.1, -0.05) is 35.6 Å². The molecule has 0 saturated carbocycles. The van der Waals surface area contributed by atoms with Crippen molar-refractivity contribution < 1.29 is 14.2 Å². The SMILES string of the molecule is OCC#Cc1cccc(COc2ccc(F)cc2Cl)c1. The first-order valence-electron chi connectivity index (χ1n) is 5.95. The molecule has 0 bridgehead atoms. The van der Waals surface area contributed by atoms with Crippen LogP contribution in [-0.4, -0.2) is 11.7 Å². The molecular formula is C16H12ClFO2. The minimum Gasteiger partial charge on any atom is -0.487 e. The van der Waals surface area contributed by atoms with Crippen molar-refractivity contribution in [1.29, 1.82) is 0 Å². The molecule has 0 unspecified atom stereocenters. The van der Waals surface area contributed by atoms with E-state index in [0.29, 0.717) is 12.4 Å². The van der Waals surface area contributed by atoms with Crippen LogP contribution in [0.25, 0.3) is 0 Å². The molecule has 0 aliphatic rings. The fourth-order valence-electron chi connectivity index (χ4n) is 1.63. The summed E-state index contributed by atoms with van der Waals surface area (Å²) in [6.07, 6.45) is 0. The van der Waals surface area contributed by atoms with E-state index < -0.39 is 5.82 Å². The van der Waals surface area contributed by atoms with E-state index in [-0.39, 0.29) is 11.6 Å². The lowest BCUT2D eigenvalue weighted by atomic mass is 10.1. The number of aliphatic hydroxyl groups excluding tert-OH is 1. The summed E-state index contributed by atoms with van der Waals surface area (Å²) in [6.45, 7) is 0.131. The molecular weight excluding hydrogens is 279 g/mol. The second-order valence-corrected chi connectivity index (χ2v) is 4.43. The first-order valence-corrected chi connectivity index (χ1v) is 6.33. The van der Waals surface area contributed by atoms with Gasteiger partial charge in [0.05, 0.1) is 5.02 Å². The molecule has 2 aromatic carbocycles. The Bertz CT molecular complexity index is 659. The Hall–Kier alpha value is -2.02. The predicted octanol–water partition coefficient (Wildman–Crippen LogP) is 3.40. The van der Waals surface area contributed by atoms with Gasteiger partial charge in [0.15, 0.2) is 0 Å². The van der Waals surface area contributed by atoms with Gasteiger partial charge in [0.1, 0.15) is 24.8 Å². The lowest BCUT2D eigenvalue weighted by molar-refractivity contribution is 0.306. The highest BCUT2D eigenvalue weighted by Gasteiger charge is 2.03. The lowest BCUT2D eigenvalue weighted by Gasteiger charge is -2.08. The molecule has 0 radical (unpaired) electrons. The van der Waals surface area contributed by atoms with Crippen LogP contribution in [0.2, 0.25) is 5.02 Å². The van der Waals surface area contributed by atoms with Crippen molar-refractivity contribution in [1.82, 2.24) is 0 Å². The molecule has 0 fully saturated rings. The standard InChI is InChI=1S/C16H12ClFO2/c17-15-10-14(18)6-7-16(15)20-11-13-4-1-3-12(9-13)5-2-8-19/h1,3-4,6-7,9-10,19H,8,11H2. The maximum atomic E-state index is 12.9. The van der Waals surface area contributed by atoms with Gasteiger partial charge >= 0.3 is 0 Å². The third-order valence-electron chi connectivity index (χ3n) is 2.53. The van der Waals surface area contributed by atoms with Gasteiger partial charge in [-0.2, -0.15) is 0 Å². The van der Waals surface area contributed by atoms with Gasteiger partial charge in [-0.15, -0.1) is 0 Å². The molecule has 0 amide bonds.